The molecule has 1 heterocycles. The van der Waals surface area contributed by atoms with Gasteiger partial charge in [-0.15, -0.1) is 0 Å². The van der Waals surface area contributed by atoms with Crippen molar-refractivity contribution in [1.82, 2.24) is 14.7 Å². The van der Waals surface area contributed by atoms with E-state index in [1.807, 2.05) is 35.2 Å². The summed E-state index contributed by atoms with van der Waals surface area (Å²) >= 11 is 0. The summed E-state index contributed by atoms with van der Waals surface area (Å²) in [5, 5.41) is 2.81. The molecular formula is C27H36N4O4. The molecule has 0 unspecified atom stereocenters. The number of likely N-dealkylation sites (tertiary alicyclic amines) is 1. The van der Waals surface area contributed by atoms with Crippen LogP contribution in [0, 0.1) is 0 Å². The Morgan fingerprint density at radius 2 is 1.74 bits per heavy atom. The average Bonchev–Trinajstić information content (AvgIpc) is 2.88. The highest BCUT2D eigenvalue weighted by molar-refractivity contribution is 5.95. The quantitative estimate of drug-likeness (QED) is 0.565. The molecule has 3 rings (SSSR count). The van der Waals surface area contributed by atoms with Crippen LogP contribution in [0.15, 0.2) is 54.6 Å². The maximum absolute atomic E-state index is 12.9. The molecule has 1 aliphatic rings. The summed E-state index contributed by atoms with van der Waals surface area (Å²) in [6.07, 6.45) is 2.58. The summed E-state index contributed by atoms with van der Waals surface area (Å²) in [5.41, 5.74) is 1.33. The number of benzene rings is 2. The fourth-order valence-electron chi connectivity index (χ4n) is 4.37. The molecule has 1 saturated heterocycles. The van der Waals surface area contributed by atoms with Crippen LogP contribution >= 0.6 is 0 Å². The first-order valence-corrected chi connectivity index (χ1v) is 12.2. The second-order valence-corrected chi connectivity index (χ2v) is 8.89. The third-order valence-corrected chi connectivity index (χ3v) is 6.30. The normalized spacial score (nSPS) is 14.0. The van der Waals surface area contributed by atoms with Crippen molar-refractivity contribution in [2.24, 2.45) is 0 Å². The van der Waals surface area contributed by atoms with Gasteiger partial charge in [0.1, 0.15) is 5.75 Å². The molecule has 8 nitrogen and oxygen atoms in total. The van der Waals surface area contributed by atoms with Crippen molar-refractivity contribution in [1.29, 1.82) is 0 Å². The molecule has 1 fully saturated rings. The number of anilines is 1. The molecule has 2 aromatic carbocycles. The second kappa shape index (κ2) is 12.9. The minimum absolute atomic E-state index is 0.0277. The Morgan fingerprint density at radius 3 is 2.40 bits per heavy atom. The number of hydrogen-bond donors (Lipinski definition) is 1. The Kier molecular flexibility index (Phi) is 9.66. The van der Waals surface area contributed by atoms with Gasteiger partial charge >= 0.3 is 0 Å². The molecule has 188 valence electrons. The first kappa shape index (κ1) is 26.2. The van der Waals surface area contributed by atoms with Gasteiger partial charge in [-0.3, -0.25) is 19.3 Å². The Labute approximate surface area is 207 Å². The molecule has 1 N–H and O–H groups in total. The zero-order chi connectivity index (χ0) is 25.2. The van der Waals surface area contributed by atoms with Crippen LogP contribution in [-0.4, -0.2) is 85.3 Å². The molecule has 0 bridgehead atoms. The van der Waals surface area contributed by atoms with Crippen LogP contribution in [0.3, 0.4) is 0 Å². The molecule has 0 spiro atoms. The van der Waals surface area contributed by atoms with Crippen molar-refractivity contribution < 1.29 is 19.1 Å². The smallest absolute Gasteiger partial charge is 0.253 e. The van der Waals surface area contributed by atoms with Crippen molar-refractivity contribution in [3.05, 3.63) is 60.2 Å². The fraction of sp³-hybridized carbons (Fsp3) is 0.444. The van der Waals surface area contributed by atoms with E-state index < -0.39 is 0 Å². The van der Waals surface area contributed by atoms with Gasteiger partial charge in [-0.25, -0.2) is 0 Å². The molecule has 0 radical (unpaired) electrons. The summed E-state index contributed by atoms with van der Waals surface area (Å²) in [5.74, 6) is 0.355. The number of likely N-dealkylation sites (N-methyl/N-ethyl adjacent to an activating group) is 1. The number of carbonyl (C=O) groups excluding carboxylic acids is 3. The van der Waals surface area contributed by atoms with Crippen LogP contribution in [0.4, 0.5) is 5.69 Å². The minimum Gasteiger partial charge on any atom is -0.497 e. The molecule has 0 aliphatic carbocycles. The lowest BCUT2D eigenvalue weighted by Crippen LogP contribution is -2.50. The van der Waals surface area contributed by atoms with Crippen molar-refractivity contribution in [2.45, 2.75) is 32.2 Å². The Bertz CT molecular complexity index is 990. The fourth-order valence-corrected chi connectivity index (χ4v) is 4.37. The first-order chi connectivity index (χ1) is 16.9. The van der Waals surface area contributed by atoms with Crippen molar-refractivity contribution in [3.63, 3.8) is 0 Å². The third kappa shape index (κ3) is 7.55. The van der Waals surface area contributed by atoms with E-state index in [9.17, 15) is 14.4 Å². The van der Waals surface area contributed by atoms with E-state index in [4.69, 9.17) is 4.74 Å². The third-order valence-electron chi connectivity index (χ3n) is 6.30. The second-order valence-electron chi connectivity index (χ2n) is 8.89. The van der Waals surface area contributed by atoms with Crippen LogP contribution in [0.2, 0.25) is 0 Å². The zero-order valence-electron chi connectivity index (χ0n) is 20.9. The number of nitrogens with zero attached hydrogens (tertiary/aromatic N) is 3. The van der Waals surface area contributed by atoms with Crippen LogP contribution < -0.4 is 10.1 Å². The largest absolute Gasteiger partial charge is 0.497 e. The summed E-state index contributed by atoms with van der Waals surface area (Å²) in [7, 11) is 3.22. The molecule has 0 aromatic heterocycles. The molecule has 0 saturated carbocycles. The molecular weight excluding hydrogens is 444 g/mol. The number of ether oxygens (including phenoxy) is 1. The predicted molar refractivity (Wildman–Crippen MR) is 136 cm³/mol. The SMILES string of the molecule is CCCN(CC(=O)N(C)CC(=O)Nc1cccc(OC)c1)C1CCN(C(=O)c2ccccc2)CC1. The number of carbonyl (C=O) groups is 3. The summed E-state index contributed by atoms with van der Waals surface area (Å²) in [6, 6.07) is 16.7. The monoisotopic (exact) mass is 480 g/mol. The standard InChI is InChI=1S/C27H36N4O4/c1-4-15-31(23-13-16-30(17-14-23)27(34)21-9-6-5-7-10-21)20-26(33)29(2)19-25(32)28-22-11-8-12-24(18-22)35-3/h5-12,18,23H,4,13-17,19-20H2,1-3H3,(H,28,32). The molecule has 8 heteroatoms. The minimum atomic E-state index is -0.260. The van der Waals surface area contributed by atoms with E-state index in [2.05, 4.69) is 17.1 Å². The van der Waals surface area contributed by atoms with E-state index in [0.717, 1.165) is 25.8 Å². The van der Waals surface area contributed by atoms with Crippen LogP contribution in [-0.2, 0) is 9.59 Å². The van der Waals surface area contributed by atoms with Crippen LogP contribution in [0.1, 0.15) is 36.5 Å². The first-order valence-electron chi connectivity index (χ1n) is 12.2. The summed E-state index contributed by atoms with van der Waals surface area (Å²) < 4.78 is 5.18. The maximum atomic E-state index is 12.9. The lowest BCUT2D eigenvalue weighted by atomic mass is 10.0. The Balaban J connectivity index is 1.50. The summed E-state index contributed by atoms with van der Waals surface area (Å²) in [6.45, 7) is 4.47. The van der Waals surface area contributed by atoms with Gasteiger partial charge in [0.25, 0.3) is 5.91 Å². The van der Waals surface area contributed by atoms with Gasteiger partial charge in [-0.2, -0.15) is 0 Å². The van der Waals surface area contributed by atoms with E-state index in [1.54, 1.807) is 38.4 Å². The van der Waals surface area contributed by atoms with Gasteiger partial charge in [-0.1, -0.05) is 31.2 Å². The molecule has 3 amide bonds. The van der Waals surface area contributed by atoms with Gasteiger partial charge < -0.3 is 19.9 Å². The van der Waals surface area contributed by atoms with E-state index in [1.165, 1.54) is 4.90 Å². The highest BCUT2D eigenvalue weighted by Gasteiger charge is 2.29. The Hall–Kier alpha value is -3.39. The number of amides is 3. The van der Waals surface area contributed by atoms with Crippen LogP contribution in [0.5, 0.6) is 5.75 Å². The number of rotatable bonds is 10. The van der Waals surface area contributed by atoms with Gasteiger partial charge in [0, 0.05) is 43.5 Å². The average molecular weight is 481 g/mol. The lowest BCUT2D eigenvalue weighted by molar-refractivity contribution is -0.135. The van der Waals surface area contributed by atoms with Crippen molar-refractivity contribution in [3.8, 4) is 5.75 Å². The molecule has 35 heavy (non-hydrogen) atoms. The number of nitrogens with one attached hydrogen (secondary N) is 1. The van der Waals surface area contributed by atoms with Crippen molar-refractivity contribution >= 4 is 23.4 Å². The van der Waals surface area contributed by atoms with Gasteiger partial charge in [-0.05, 0) is 50.1 Å². The highest BCUT2D eigenvalue weighted by Crippen LogP contribution is 2.20. The van der Waals surface area contributed by atoms with E-state index in [-0.39, 0.29) is 36.9 Å². The molecule has 1 aliphatic heterocycles. The Morgan fingerprint density at radius 1 is 1.03 bits per heavy atom. The predicted octanol–water partition coefficient (Wildman–Crippen LogP) is 3.11. The van der Waals surface area contributed by atoms with Gasteiger partial charge in [0.2, 0.25) is 11.8 Å². The van der Waals surface area contributed by atoms with E-state index >= 15 is 0 Å². The van der Waals surface area contributed by atoms with Gasteiger partial charge in [0.15, 0.2) is 0 Å². The lowest BCUT2D eigenvalue weighted by Gasteiger charge is -2.38. The van der Waals surface area contributed by atoms with Crippen LogP contribution in [0.25, 0.3) is 0 Å². The van der Waals surface area contributed by atoms with Gasteiger partial charge in [0.05, 0.1) is 20.2 Å². The maximum Gasteiger partial charge on any atom is 0.253 e. The zero-order valence-corrected chi connectivity index (χ0v) is 20.9. The summed E-state index contributed by atoms with van der Waals surface area (Å²) in [4.78, 5) is 43.7. The highest BCUT2D eigenvalue weighted by atomic mass is 16.5. The molecule has 0 atom stereocenters. The number of piperidine rings is 1. The number of methoxy groups -OCH3 is 1. The topological polar surface area (TPSA) is 82.2 Å². The number of hydrogen-bond acceptors (Lipinski definition) is 5. The molecule has 2 aromatic rings. The van der Waals surface area contributed by atoms with Crippen molar-refractivity contribution in [2.75, 3.05) is 52.2 Å². The van der Waals surface area contributed by atoms with E-state index in [0.29, 0.717) is 30.1 Å².